The average Bonchev–Trinajstić information content (AvgIpc) is 2.56. The van der Waals surface area contributed by atoms with Gasteiger partial charge in [0.25, 0.3) is 0 Å². The Hall–Kier alpha value is -2.67. The molecule has 2 aromatic rings. The summed E-state index contributed by atoms with van der Waals surface area (Å²) in [5.74, 6) is -1.59. The second-order valence-corrected chi connectivity index (χ2v) is 6.39. The fourth-order valence-corrected chi connectivity index (χ4v) is 3.04. The number of hydrogen-bond donors (Lipinski definition) is 1. The van der Waals surface area contributed by atoms with Gasteiger partial charge in [0.15, 0.2) is 4.91 Å². The van der Waals surface area contributed by atoms with E-state index in [0.717, 1.165) is 37.6 Å². The second kappa shape index (κ2) is 7.06. The Morgan fingerprint density at radius 1 is 1.09 bits per heavy atom. The third-order valence-electron chi connectivity index (χ3n) is 2.94. The molecule has 120 valence electrons. The maximum absolute atomic E-state index is 13.0. The van der Waals surface area contributed by atoms with E-state index in [0.29, 0.717) is 5.69 Å². The largest absolute Gasteiger partial charge is 0.465 e. The first-order valence-corrected chi connectivity index (χ1v) is 8.04. The van der Waals surface area contributed by atoms with Crippen LogP contribution in [0.5, 0.6) is 0 Å². The number of hydrogen-bond acceptors (Lipinski definition) is 5. The molecule has 0 aliphatic carbocycles. The first kappa shape index (κ1) is 16.7. The lowest BCUT2D eigenvalue weighted by Crippen LogP contribution is -2.17. The van der Waals surface area contributed by atoms with Crippen molar-refractivity contribution in [1.29, 1.82) is 0 Å². The molecule has 0 saturated carbocycles. The van der Waals surface area contributed by atoms with Crippen molar-refractivity contribution in [3.05, 3.63) is 71.5 Å². The van der Waals surface area contributed by atoms with Crippen molar-refractivity contribution in [2.45, 2.75) is 4.90 Å². The van der Waals surface area contributed by atoms with Crippen LogP contribution in [0.1, 0.15) is 0 Å². The zero-order valence-electron chi connectivity index (χ0n) is 12.2. The van der Waals surface area contributed by atoms with Gasteiger partial charge in [0.05, 0.1) is 12.0 Å². The van der Waals surface area contributed by atoms with Crippen LogP contribution in [-0.2, 0) is 19.4 Å². The van der Waals surface area contributed by atoms with Crippen LogP contribution in [0.4, 0.5) is 10.1 Å². The lowest BCUT2D eigenvalue weighted by molar-refractivity contribution is -0.135. The smallest absolute Gasteiger partial charge is 0.351 e. The molecule has 7 heteroatoms. The molecule has 0 aliphatic heterocycles. The summed E-state index contributed by atoms with van der Waals surface area (Å²) >= 11 is 0. The first-order valence-electron chi connectivity index (χ1n) is 6.56. The van der Waals surface area contributed by atoms with Crippen molar-refractivity contribution in [2.24, 2.45) is 0 Å². The number of benzene rings is 2. The van der Waals surface area contributed by atoms with Crippen LogP contribution < -0.4 is 5.32 Å². The van der Waals surface area contributed by atoms with Crippen LogP contribution in [0.2, 0.25) is 0 Å². The van der Waals surface area contributed by atoms with Crippen LogP contribution in [0.15, 0.2) is 70.6 Å². The number of sulfone groups is 1. The van der Waals surface area contributed by atoms with E-state index in [1.165, 1.54) is 0 Å². The van der Waals surface area contributed by atoms with Crippen LogP contribution >= 0.6 is 0 Å². The number of halogens is 1. The van der Waals surface area contributed by atoms with E-state index >= 15 is 0 Å². The minimum Gasteiger partial charge on any atom is -0.465 e. The highest BCUT2D eigenvalue weighted by molar-refractivity contribution is 7.96. The highest BCUT2D eigenvalue weighted by Gasteiger charge is 2.28. The third-order valence-corrected chi connectivity index (χ3v) is 4.70. The molecule has 0 unspecified atom stereocenters. The molecule has 23 heavy (non-hydrogen) atoms. The first-order chi connectivity index (χ1) is 10.9. The highest BCUT2D eigenvalue weighted by Crippen LogP contribution is 2.21. The topological polar surface area (TPSA) is 72.5 Å². The van der Waals surface area contributed by atoms with E-state index in [9.17, 15) is 17.6 Å². The molecule has 0 radical (unpaired) electrons. The van der Waals surface area contributed by atoms with E-state index < -0.39 is 26.5 Å². The molecule has 0 amide bonds. The van der Waals surface area contributed by atoms with Crippen molar-refractivity contribution < 1.29 is 22.3 Å². The lowest BCUT2D eigenvalue weighted by atomic mass is 10.3. The summed E-state index contributed by atoms with van der Waals surface area (Å²) in [5, 5.41) is 2.73. The van der Waals surface area contributed by atoms with Crippen molar-refractivity contribution in [3.8, 4) is 0 Å². The summed E-state index contributed by atoms with van der Waals surface area (Å²) in [6, 6.07) is 12.9. The van der Waals surface area contributed by atoms with Crippen molar-refractivity contribution in [1.82, 2.24) is 0 Å². The van der Waals surface area contributed by atoms with Crippen LogP contribution in [-0.4, -0.2) is 21.5 Å². The van der Waals surface area contributed by atoms with Gasteiger partial charge >= 0.3 is 5.97 Å². The molecule has 0 atom stereocenters. The molecule has 0 fully saturated rings. The minimum absolute atomic E-state index is 0.203. The summed E-state index contributed by atoms with van der Waals surface area (Å²) < 4.78 is 42.6. The Labute approximate surface area is 133 Å². The fourth-order valence-electron chi connectivity index (χ4n) is 1.77. The van der Waals surface area contributed by atoms with Gasteiger partial charge in [-0.15, -0.1) is 0 Å². The van der Waals surface area contributed by atoms with Gasteiger partial charge in [0, 0.05) is 11.9 Å². The zero-order valence-corrected chi connectivity index (χ0v) is 13.0. The van der Waals surface area contributed by atoms with E-state index in [2.05, 4.69) is 10.1 Å². The van der Waals surface area contributed by atoms with Gasteiger partial charge in [0.2, 0.25) is 9.84 Å². The van der Waals surface area contributed by atoms with E-state index in [1.807, 2.05) is 0 Å². The lowest BCUT2D eigenvalue weighted by Gasteiger charge is -2.08. The molecule has 0 aromatic heterocycles. The SMILES string of the molecule is COC(=O)/C(=C\Nc1ccccc1)S(=O)(=O)c1ccc(F)cc1. The van der Waals surface area contributed by atoms with Crippen molar-refractivity contribution >= 4 is 21.5 Å². The summed E-state index contributed by atoms with van der Waals surface area (Å²) in [4.78, 5) is 11.1. The normalized spacial score (nSPS) is 11.8. The Kier molecular flexibility index (Phi) is 5.13. The van der Waals surface area contributed by atoms with E-state index in [4.69, 9.17) is 0 Å². The van der Waals surface area contributed by atoms with Crippen LogP contribution in [0, 0.1) is 5.82 Å². The monoisotopic (exact) mass is 335 g/mol. The molecule has 0 aliphatic rings. The number of carbonyl (C=O) groups excluding carboxylic acids is 1. The number of para-hydroxylation sites is 1. The summed E-state index contributed by atoms with van der Waals surface area (Å²) in [5.41, 5.74) is 0.600. The third kappa shape index (κ3) is 3.95. The summed E-state index contributed by atoms with van der Waals surface area (Å²) in [7, 11) is -3.06. The van der Waals surface area contributed by atoms with Gasteiger partial charge < -0.3 is 10.1 Å². The van der Waals surface area contributed by atoms with Crippen LogP contribution in [0.25, 0.3) is 0 Å². The molecule has 0 heterocycles. The number of anilines is 1. The highest BCUT2D eigenvalue weighted by atomic mass is 32.2. The van der Waals surface area contributed by atoms with Gasteiger partial charge in [-0.25, -0.2) is 17.6 Å². The number of nitrogens with one attached hydrogen (secondary N) is 1. The Bertz CT molecular complexity index is 815. The molecule has 1 N–H and O–H groups in total. The van der Waals surface area contributed by atoms with Gasteiger partial charge in [0.1, 0.15) is 5.82 Å². The van der Waals surface area contributed by atoms with Crippen LogP contribution in [0.3, 0.4) is 0 Å². The molecule has 5 nitrogen and oxygen atoms in total. The van der Waals surface area contributed by atoms with E-state index in [1.54, 1.807) is 30.3 Å². The standard InChI is InChI=1S/C16H14FNO4S/c1-22-16(19)15(11-18-13-5-3-2-4-6-13)23(20,21)14-9-7-12(17)8-10-14/h2-11,18H,1H3/b15-11+. The summed E-state index contributed by atoms with van der Waals surface area (Å²) in [6.45, 7) is 0. The molecular weight excluding hydrogens is 321 g/mol. The van der Waals surface area contributed by atoms with Crippen molar-refractivity contribution in [3.63, 3.8) is 0 Å². The Balaban J connectivity index is 2.41. The number of ether oxygens (including phenoxy) is 1. The number of methoxy groups -OCH3 is 1. The number of carbonyl (C=O) groups is 1. The molecule has 0 saturated heterocycles. The predicted molar refractivity (Wildman–Crippen MR) is 83.7 cm³/mol. The molecular formula is C16H14FNO4S. The molecule has 2 rings (SSSR count). The van der Waals surface area contributed by atoms with Crippen molar-refractivity contribution in [2.75, 3.05) is 12.4 Å². The minimum atomic E-state index is -4.14. The maximum atomic E-state index is 13.0. The zero-order chi connectivity index (χ0) is 16.9. The van der Waals surface area contributed by atoms with Gasteiger partial charge in [-0.3, -0.25) is 0 Å². The average molecular weight is 335 g/mol. The van der Waals surface area contributed by atoms with Gasteiger partial charge in [-0.1, -0.05) is 18.2 Å². The molecule has 0 spiro atoms. The Morgan fingerprint density at radius 2 is 1.70 bits per heavy atom. The maximum Gasteiger partial charge on any atom is 0.351 e. The number of esters is 1. The predicted octanol–water partition coefficient (Wildman–Crippen LogP) is 2.73. The molecule has 2 aromatic carbocycles. The molecule has 0 bridgehead atoms. The number of rotatable bonds is 5. The Morgan fingerprint density at radius 3 is 2.26 bits per heavy atom. The summed E-state index contributed by atoms with van der Waals surface area (Å²) in [6.07, 6.45) is 1.06. The second-order valence-electron chi connectivity index (χ2n) is 4.47. The quantitative estimate of drug-likeness (QED) is 0.517. The van der Waals surface area contributed by atoms with E-state index in [-0.39, 0.29) is 4.90 Å². The fraction of sp³-hybridized carbons (Fsp3) is 0.0625. The van der Waals surface area contributed by atoms with Gasteiger partial charge in [-0.05, 0) is 36.4 Å². The van der Waals surface area contributed by atoms with Gasteiger partial charge in [-0.2, -0.15) is 0 Å².